The lowest BCUT2D eigenvalue weighted by molar-refractivity contribution is 0.423. The van der Waals surface area contributed by atoms with Gasteiger partial charge in [0.05, 0.1) is 5.54 Å². The summed E-state index contributed by atoms with van der Waals surface area (Å²) in [6, 6.07) is 16.1. The molecule has 0 heterocycles. The van der Waals surface area contributed by atoms with Gasteiger partial charge in [-0.1, -0.05) is 31.2 Å². The molecule has 3 heteroatoms. The van der Waals surface area contributed by atoms with Crippen LogP contribution in [0.2, 0.25) is 0 Å². The average Bonchev–Trinajstić information content (AvgIpc) is 2.44. The molecule has 0 aromatic heterocycles. The van der Waals surface area contributed by atoms with Crippen molar-refractivity contribution < 1.29 is 0 Å². The summed E-state index contributed by atoms with van der Waals surface area (Å²) in [5, 5.41) is 3.46. The lowest BCUT2D eigenvalue weighted by Gasteiger charge is -2.34. The molecule has 5 N–H and O–H groups in total. The monoisotopic (exact) mass is 255 g/mol. The van der Waals surface area contributed by atoms with Crippen LogP contribution < -0.4 is 16.8 Å². The summed E-state index contributed by atoms with van der Waals surface area (Å²) >= 11 is 0. The van der Waals surface area contributed by atoms with Gasteiger partial charge in [-0.25, -0.2) is 0 Å². The first kappa shape index (κ1) is 13.4. The standard InChI is InChI=1S/C16H21N3/c1-3-16(19-2,12-4-8-14(17)9-5-12)13-6-10-15(18)11-7-13/h4-11,19H,3,17-18H2,1-2H3. The molecule has 0 radical (unpaired) electrons. The molecule has 100 valence electrons. The highest BCUT2D eigenvalue weighted by molar-refractivity contribution is 5.48. The molecule has 0 spiro atoms. The van der Waals surface area contributed by atoms with Gasteiger partial charge in [-0.15, -0.1) is 0 Å². The molecule has 2 aromatic carbocycles. The summed E-state index contributed by atoms with van der Waals surface area (Å²) in [5.74, 6) is 0. The number of nitrogen functional groups attached to an aromatic ring is 2. The molecule has 0 fully saturated rings. The number of rotatable bonds is 4. The minimum absolute atomic E-state index is 0.207. The first-order chi connectivity index (χ1) is 9.12. The molecular weight excluding hydrogens is 234 g/mol. The van der Waals surface area contributed by atoms with Crippen LogP contribution in [0.1, 0.15) is 24.5 Å². The van der Waals surface area contributed by atoms with Crippen molar-refractivity contribution in [2.45, 2.75) is 18.9 Å². The Hall–Kier alpha value is -2.00. The molecule has 0 atom stereocenters. The van der Waals surface area contributed by atoms with Crippen LogP contribution in [0.25, 0.3) is 0 Å². The second-order valence-electron chi connectivity index (χ2n) is 4.75. The van der Waals surface area contributed by atoms with E-state index in [2.05, 4.69) is 36.5 Å². The quantitative estimate of drug-likeness (QED) is 0.736. The molecule has 0 bridgehead atoms. The Morgan fingerprint density at radius 3 is 1.47 bits per heavy atom. The molecular formula is C16H21N3. The van der Waals surface area contributed by atoms with Gasteiger partial charge in [0, 0.05) is 11.4 Å². The zero-order valence-electron chi connectivity index (χ0n) is 11.5. The maximum atomic E-state index is 5.77. The topological polar surface area (TPSA) is 64.1 Å². The van der Waals surface area contributed by atoms with Crippen molar-refractivity contribution in [2.24, 2.45) is 0 Å². The number of hydrogen-bond acceptors (Lipinski definition) is 3. The summed E-state index contributed by atoms with van der Waals surface area (Å²) < 4.78 is 0. The van der Waals surface area contributed by atoms with Gasteiger partial charge in [-0.05, 0) is 48.9 Å². The first-order valence-corrected chi connectivity index (χ1v) is 6.53. The van der Waals surface area contributed by atoms with Crippen molar-refractivity contribution in [2.75, 3.05) is 18.5 Å². The van der Waals surface area contributed by atoms with E-state index in [-0.39, 0.29) is 5.54 Å². The second-order valence-corrected chi connectivity index (χ2v) is 4.75. The summed E-state index contributed by atoms with van der Waals surface area (Å²) in [6.07, 6.45) is 0.942. The fourth-order valence-electron chi connectivity index (χ4n) is 2.58. The van der Waals surface area contributed by atoms with Crippen LogP contribution in [0.5, 0.6) is 0 Å². The maximum absolute atomic E-state index is 5.77. The number of anilines is 2. The van der Waals surface area contributed by atoms with E-state index in [1.807, 2.05) is 31.3 Å². The van der Waals surface area contributed by atoms with Gasteiger partial charge in [0.2, 0.25) is 0 Å². The Bertz CT molecular complexity index is 477. The Balaban J connectivity index is 2.53. The van der Waals surface area contributed by atoms with Crippen molar-refractivity contribution in [1.29, 1.82) is 0 Å². The van der Waals surface area contributed by atoms with Gasteiger partial charge in [0.1, 0.15) is 0 Å². The third-order valence-corrected chi connectivity index (χ3v) is 3.76. The van der Waals surface area contributed by atoms with E-state index in [4.69, 9.17) is 11.5 Å². The Kier molecular flexibility index (Phi) is 3.76. The van der Waals surface area contributed by atoms with Crippen molar-refractivity contribution in [3.8, 4) is 0 Å². The van der Waals surface area contributed by atoms with E-state index in [0.29, 0.717) is 0 Å². The van der Waals surface area contributed by atoms with Gasteiger partial charge in [0.25, 0.3) is 0 Å². The van der Waals surface area contributed by atoms with Crippen LogP contribution in [0.3, 0.4) is 0 Å². The lowest BCUT2D eigenvalue weighted by Crippen LogP contribution is -2.40. The van der Waals surface area contributed by atoms with E-state index >= 15 is 0 Å². The number of nitrogens with one attached hydrogen (secondary N) is 1. The second kappa shape index (κ2) is 5.33. The smallest absolute Gasteiger partial charge is 0.0685 e. The minimum atomic E-state index is -0.207. The van der Waals surface area contributed by atoms with E-state index in [1.54, 1.807) is 0 Å². The molecule has 0 saturated carbocycles. The van der Waals surface area contributed by atoms with Crippen LogP contribution in [0.4, 0.5) is 11.4 Å². The highest BCUT2D eigenvalue weighted by atomic mass is 14.9. The molecule has 0 unspecified atom stereocenters. The van der Waals surface area contributed by atoms with Crippen LogP contribution in [-0.4, -0.2) is 7.05 Å². The highest BCUT2D eigenvalue weighted by Crippen LogP contribution is 2.33. The van der Waals surface area contributed by atoms with Gasteiger partial charge < -0.3 is 16.8 Å². The van der Waals surface area contributed by atoms with Gasteiger partial charge in [0.15, 0.2) is 0 Å². The van der Waals surface area contributed by atoms with Crippen molar-refractivity contribution in [1.82, 2.24) is 5.32 Å². The molecule has 0 aliphatic heterocycles. The molecule has 2 rings (SSSR count). The molecule has 2 aromatic rings. The lowest BCUT2D eigenvalue weighted by atomic mass is 9.80. The summed E-state index contributed by atoms with van der Waals surface area (Å²) in [6.45, 7) is 2.17. The van der Waals surface area contributed by atoms with E-state index in [0.717, 1.165) is 17.8 Å². The molecule has 3 nitrogen and oxygen atoms in total. The Morgan fingerprint density at radius 2 is 1.21 bits per heavy atom. The zero-order valence-corrected chi connectivity index (χ0v) is 11.5. The summed E-state index contributed by atoms with van der Waals surface area (Å²) in [5.41, 5.74) is 15.3. The van der Waals surface area contributed by atoms with Crippen molar-refractivity contribution >= 4 is 11.4 Å². The average molecular weight is 255 g/mol. The highest BCUT2D eigenvalue weighted by Gasteiger charge is 2.30. The molecule has 19 heavy (non-hydrogen) atoms. The maximum Gasteiger partial charge on any atom is 0.0685 e. The molecule has 0 aliphatic rings. The Labute approximate surface area is 114 Å². The zero-order chi connectivity index (χ0) is 13.9. The predicted molar refractivity (Wildman–Crippen MR) is 81.8 cm³/mol. The number of nitrogens with two attached hydrogens (primary N) is 2. The first-order valence-electron chi connectivity index (χ1n) is 6.53. The fraction of sp³-hybridized carbons (Fsp3) is 0.250. The number of hydrogen-bond donors (Lipinski definition) is 3. The molecule has 0 aliphatic carbocycles. The van der Waals surface area contributed by atoms with Crippen LogP contribution >= 0.6 is 0 Å². The van der Waals surface area contributed by atoms with E-state index in [9.17, 15) is 0 Å². The Morgan fingerprint density at radius 1 is 0.842 bits per heavy atom. The third-order valence-electron chi connectivity index (χ3n) is 3.76. The van der Waals surface area contributed by atoms with E-state index < -0.39 is 0 Å². The van der Waals surface area contributed by atoms with Gasteiger partial charge in [-0.2, -0.15) is 0 Å². The summed E-state index contributed by atoms with van der Waals surface area (Å²) in [4.78, 5) is 0. The van der Waals surface area contributed by atoms with Crippen molar-refractivity contribution in [3.63, 3.8) is 0 Å². The largest absolute Gasteiger partial charge is 0.399 e. The fourth-order valence-corrected chi connectivity index (χ4v) is 2.58. The van der Waals surface area contributed by atoms with Crippen LogP contribution in [0.15, 0.2) is 48.5 Å². The van der Waals surface area contributed by atoms with Gasteiger partial charge in [-0.3, -0.25) is 0 Å². The number of benzene rings is 2. The summed E-state index contributed by atoms with van der Waals surface area (Å²) in [7, 11) is 1.98. The minimum Gasteiger partial charge on any atom is -0.399 e. The van der Waals surface area contributed by atoms with E-state index in [1.165, 1.54) is 11.1 Å². The normalized spacial score (nSPS) is 11.5. The SMILES string of the molecule is CCC(NC)(c1ccc(N)cc1)c1ccc(N)cc1. The predicted octanol–water partition coefficient (Wildman–Crippen LogP) is 2.72. The van der Waals surface area contributed by atoms with Crippen LogP contribution in [0, 0.1) is 0 Å². The van der Waals surface area contributed by atoms with Gasteiger partial charge >= 0.3 is 0 Å². The molecule has 0 saturated heterocycles. The third kappa shape index (κ3) is 2.42. The van der Waals surface area contributed by atoms with Crippen LogP contribution in [-0.2, 0) is 5.54 Å². The molecule has 0 amide bonds. The van der Waals surface area contributed by atoms with Crippen molar-refractivity contribution in [3.05, 3.63) is 59.7 Å².